The van der Waals surface area contributed by atoms with E-state index in [0.29, 0.717) is 5.56 Å². The van der Waals surface area contributed by atoms with Gasteiger partial charge in [-0.1, -0.05) is 38.1 Å². The monoisotopic (exact) mass is 603 g/mol. The van der Waals surface area contributed by atoms with Gasteiger partial charge in [0, 0.05) is 23.9 Å². The lowest BCUT2D eigenvalue weighted by molar-refractivity contribution is -0.160. The number of aliphatic hydroxyl groups excluding tert-OH is 2. The topological polar surface area (TPSA) is 108 Å². The van der Waals surface area contributed by atoms with E-state index < -0.39 is 17.7 Å². The Morgan fingerprint density at radius 1 is 1.00 bits per heavy atom. The number of carboxylic acids is 1. The van der Waals surface area contributed by atoms with Crippen LogP contribution >= 0.6 is 0 Å². The normalized spacial score (nSPS) is 12.5. The third kappa shape index (κ3) is 8.56. The van der Waals surface area contributed by atoms with Crippen molar-refractivity contribution in [3.05, 3.63) is 69.8 Å². The van der Waals surface area contributed by atoms with Crippen molar-refractivity contribution < 1.29 is 29.6 Å². The summed E-state index contributed by atoms with van der Waals surface area (Å²) in [6, 6.07) is 12.7. The van der Waals surface area contributed by atoms with Crippen LogP contribution in [0.15, 0.2) is 36.4 Å². The first-order valence-electron chi connectivity index (χ1n) is 15.2. The van der Waals surface area contributed by atoms with E-state index in [4.69, 9.17) is 19.7 Å². The Morgan fingerprint density at radius 3 is 2.16 bits per heavy atom. The lowest BCUT2D eigenvalue weighted by atomic mass is 9.81. The Morgan fingerprint density at radius 2 is 1.64 bits per heavy atom. The molecule has 0 saturated carbocycles. The van der Waals surface area contributed by atoms with Gasteiger partial charge in [-0.3, -0.25) is 0 Å². The van der Waals surface area contributed by atoms with Gasteiger partial charge in [0.25, 0.3) is 0 Å². The van der Waals surface area contributed by atoms with Crippen molar-refractivity contribution in [2.75, 3.05) is 25.6 Å². The number of aliphatic hydroxyl groups is 2. The molecule has 7 nitrogen and oxygen atoms in total. The number of carboxylic acid groups (broad SMARTS) is 1. The summed E-state index contributed by atoms with van der Waals surface area (Å²) in [5.41, 5.74) is 10.5. The maximum atomic E-state index is 12.7. The molecule has 0 radical (unpaired) electrons. The fourth-order valence-electron chi connectivity index (χ4n) is 5.43. The zero-order valence-electron chi connectivity index (χ0n) is 27.9. The third-order valence-corrected chi connectivity index (χ3v) is 7.41. The van der Waals surface area contributed by atoms with Crippen LogP contribution in [0.3, 0.4) is 0 Å². The summed E-state index contributed by atoms with van der Waals surface area (Å²) in [7, 11) is 1.90. The van der Waals surface area contributed by atoms with Gasteiger partial charge in [-0.15, -0.1) is 0 Å². The Hall–Kier alpha value is -3.99. The minimum absolute atomic E-state index is 0.267. The van der Waals surface area contributed by atoms with Gasteiger partial charge in [-0.2, -0.15) is 0 Å². The quantitative estimate of drug-likeness (QED) is 0.212. The van der Waals surface area contributed by atoms with Gasteiger partial charge < -0.3 is 30.1 Å². The molecule has 0 amide bonds. The minimum atomic E-state index is -1.12. The standard InChI is InChI=1S/C32H39NO4.C3H4O2.C2H6/c1-18-11-12-23(16-19(18)2)27-20(3)26(24-13-14-25-22(17-24)10-9-15-36-25)28(21(4)29(27)33-8)30(31(34)35)37-32(5,6)7;4-2-1-3-5;1-2/h11-14,16-17,30,33H,9-10,15H2,1-8H3,(H,34,35);4-5H,2H2;1-2H3. The Labute approximate surface area is 263 Å². The van der Waals surface area contributed by atoms with E-state index in [9.17, 15) is 9.90 Å². The second kappa shape index (κ2) is 16.2. The van der Waals surface area contributed by atoms with Crippen LogP contribution in [0.25, 0.3) is 22.3 Å². The van der Waals surface area contributed by atoms with Crippen molar-refractivity contribution in [2.45, 2.75) is 86.9 Å². The maximum Gasteiger partial charge on any atom is 0.337 e. The Kier molecular flexibility index (Phi) is 13.3. The molecule has 7 heteroatoms. The number of anilines is 1. The molecule has 3 aromatic carbocycles. The smallest absolute Gasteiger partial charge is 0.337 e. The molecule has 4 N–H and O–H groups in total. The van der Waals surface area contributed by atoms with Gasteiger partial charge in [-0.25, -0.2) is 4.79 Å². The predicted molar refractivity (Wildman–Crippen MR) is 179 cm³/mol. The first kappa shape index (κ1) is 36.2. The number of hydrogen-bond acceptors (Lipinski definition) is 6. The average Bonchev–Trinajstić information content (AvgIpc) is 2.99. The van der Waals surface area contributed by atoms with Crippen LogP contribution in [0.2, 0.25) is 0 Å². The Bertz CT molecular complexity index is 1510. The molecule has 0 aromatic heterocycles. The number of carbonyl (C=O) groups is 1. The molecular formula is C37H49NO6. The largest absolute Gasteiger partial charge is 0.493 e. The van der Waals surface area contributed by atoms with E-state index >= 15 is 0 Å². The molecule has 3 aromatic rings. The number of aryl methyl sites for hydroxylation is 3. The summed E-state index contributed by atoms with van der Waals surface area (Å²) in [4.78, 5) is 12.7. The molecule has 1 atom stereocenters. The average molecular weight is 604 g/mol. The fraction of sp³-hybridized carbons (Fsp3) is 0.432. The fourth-order valence-corrected chi connectivity index (χ4v) is 5.43. The highest BCUT2D eigenvalue weighted by atomic mass is 16.5. The van der Waals surface area contributed by atoms with Gasteiger partial charge in [0.15, 0.2) is 6.10 Å². The molecule has 1 unspecified atom stereocenters. The summed E-state index contributed by atoms with van der Waals surface area (Å²) in [5, 5.41) is 29.1. The van der Waals surface area contributed by atoms with E-state index in [1.165, 1.54) is 17.2 Å². The maximum absolute atomic E-state index is 12.7. The lowest BCUT2D eigenvalue weighted by Crippen LogP contribution is -2.28. The molecule has 44 heavy (non-hydrogen) atoms. The van der Waals surface area contributed by atoms with Gasteiger partial charge in [0.2, 0.25) is 0 Å². The van der Waals surface area contributed by atoms with Crippen molar-refractivity contribution in [3.63, 3.8) is 0 Å². The highest BCUT2D eigenvalue weighted by Crippen LogP contribution is 2.47. The van der Waals surface area contributed by atoms with Crippen LogP contribution in [0, 0.1) is 39.7 Å². The van der Waals surface area contributed by atoms with Crippen molar-refractivity contribution in [1.29, 1.82) is 0 Å². The lowest BCUT2D eigenvalue weighted by Gasteiger charge is -2.31. The zero-order valence-corrected chi connectivity index (χ0v) is 27.9. The molecular weight excluding hydrogens is 554 g/mol. The van der Waals surface area contributed by atoms with Gasteiger partial charge in [0.1, 0.15) is 18.5 Å². The van der Waals surface area contributed by atoms with Crippen LogP contribution in [0.5, 0.6) is 5.75 Å². The molecule has 238 valence electrons. The molecule has 0 fully saturated rings. The third-order valence-electron chi connectivity index (χ3n) is 7.41. The second-order valence-corrected chi connectivity index (χ2v) is 11.5. The van der Waals surface area contributed by atoms with E-state index in [2.05, 4.69) is 56.4 Å². The summed E-state index contributed by atoms with van der Waals surface area (Å²) in [6.45, 7) is 18.5. The molecule has 1 heterocycles. The molecule has 0 aliphatic carbocycles. The number of benzene rings is 3. The molecule has 0 spiro atoms. The van der Waals surface area contributed by atoms with Crippen LogP contribution in [-0.2, 0) is 16.0 Å². The number of fused-ring (bicyclic) bond motifs is 1. The van der Waals surface area contributed by atoms with Crippen LogP contribution in [0.4, 0.5) is 5.69 Å². The van der Waals surface area contributed by atoms with Crippen molar-refractivity contribution in [2.24, 2.45) is 0 Å². The van der Waals surface area contributed by atoms with E-state index in [0.717, 1.165) is 69.8 Å². The van der Waals surface area contributed by atoms with Crippen molar-refractivity contribution in [3.8, 4) is 40.0 Å². The van der Waals surface area contributed by atoms with Gasteiger partial charge >= 0.3 is 5.97 Å². The minimum Gasteiger partial charge on any atom is -0.493 e. The summed E-state index contributed by atoms with van der Waals surface area (Å²) < 4.78 is 12.1. The first-order chi connectivity index (χ1) is 20.8. The molecule has 1 aliphatic heterocycles. The highest BCUT2D eigenvalue weighted by Gasteiger charge is 2.34. The van der Waals surface area contributed by atoms with Gasteiger partial charge in [0.05, 0.1) is 12.2 Å². The van der Waals surface area contributed by atoms with E-state index in [-0.39, 0.29) is 6.61 Å². The summed E-state index contributed by atoms with van der Waals surface area (Å²) in [6.07, 6.45) is 2.31. The predicted octanol–water partition coefficient (Wildman–Crippen LogP) is 7.90. The second-order valence-electron chi connectivity index (χ2n) is 11.5. The number of nitrogens with one attached hydrogen (secondary N) is 1. The van der Waals surface area contributed by atoms with Crippen LogP contribution < -0.4 is 10.1 Å². The molecule has 0 saturated heterocycles. The summed E-state index contributed by atoms with van der Waals surface area (Å²) >= 11 is 0. The van der Waals surface area contributed by atoms with Crippen molar-refractivity contribution in [1.82, 2.24) is 0 Å². The highest BCUT2D eigenvalue weighted by molar-refractivity contribution is 5.94. The van der Waals surface area contributed by atoms with Gasteiger partial charge in [-0.05, 0) is 124 Å². The first-order valence-corrected chi connectivity index (χ1v) is 15.2. The van der Waals surface area contributed by atoms with E-state index in [1.54, 1.807) is 0 Å². The number of aliphatic carboxylic acids is 1. The van der Waals surface area contributed by atoms with Crippen molar-refractivity contribution >= 4 is 11.7 Å². The molecule has 1 aliphatic rings. The van der Waals surface area contributed by atoms with Crippen LogP contribution in [0.1, 0.15) is 80.5 Å². The number of hydrogen-bond donors (Lipinski definition) is 4. The van der Waals surface area contributed by atoms with E-state index in [1.807, 2.05) is 60.6 Å². The Balaban J connectivity index is 0.000000876. The number of rotatable bonds is 6. The van der Waals surface area contributed by atoms with Crippen LogP contribution in [-0.4, -0.2) is 47.2 Å². The SMILES string of the molecule is CC.CNc1c(C)c(C(OC(C)(C)C)C(=O)O)c(-c2ccc3c(c2)CCCO3)c(C)c1-c1ccc(C)c(C)c1.OC#CCO. The molecule has 4 rings (SSSR count). The molecule has 0 bridgehead atoms. The number of ether oxygens (including phenoxy) is 2. The summed E-state index contributed by atoms with van der Waals surface area (Å²) in [5.74, 6) is 1.88. The zero-order chi connectivity index (χ0) is 33.2.